The molecule has 1 aromatic carbocycles. The summed E-state index contributed by atoms with van der Waals surface area (Å²) in [7, 11) is 0. The fourth-order valence-electron chi connectivity index (χ4n) is 4.13. The third kappa shape index (κ3) is 4.39. The van der Waals surface area contributed by atoms with E-state index in [9.17, 15) is 14.0 Å². The van der Waals surface area contributed by atoms with E-state index in [-0.39, 0.29) is 24.2 Å². The zero-order valence-electron chi connectivity index (χ0n) is 17.9. The first-order valence-corrected chi connectivity index (χ1v) is 11.4. The number of hydrogen-bond donors (Lipinski definition) is 0. The minimum Gasteiger partial charge on any atom is -0.459 e. The molecule has 0 N–H and O–H groups in total. The van der Waals surface area contributed by atoms with Gasteiger partial charge < -0.3 is 14.5 Å². The first-order chi connectivity index (χ1) is 14.8. The molecule has 3 aliphatic rings. The van der Waals surface area contributed by atoms with Gasteiger partial charge in [0.15, 0.2) is 5.17 Å². The van der Waals surface area contributed by atoms with Crippen molar-refractivity contribution in [3.8, 4) is 0 Å². The molecule has 1 amide bonds. The Kier molecular flexibility index (Phi) is 6.18. The molecular formula is C23H26FN3O3S. The fraction of sp³-hybridized carbons (Fsp3) is 0.435. The summed E-state index contributed by atoms with van der Waals surface area (Å²) in [4.78, 5) is 34.3. The molecule has 0 saturated carbocycles. The summed E-state index contributed by atoms with van der Waals surface area (Å²) in [6.07, 6.45) is 1.96. The van der Waals surface area contributed by atoms with Crippen molar-refractivity contribution in [1.29, 1.82) is 0 Å². The van der Waals surface area contributed by atoms with Crippen LogP contribution >= 0.6 is 11.8 Å². The molecule has 3 heterocycles. The van der Waals surface area contributed by atoms with Crippen molar-refractivity contribution in [2.24, 2.45) is 4.99 Å². The zero-order valence-corrected chi connectivity index (χ0v) is 18.7. The first-order valence-electron chi connectivity index (χ1n) is 10.5. The molecule has 1 fully saturated rings. The highest BCUT2D eigenvalue weighted by molar-refractivity contribution is 8.16. The molecule has 0 aliphatic carbocycles. The van der Waals surface area contributed by atoms with Gasteiger partial charge in [0.2, 0.25) is 5.91 Å². The van der Waals surface area contributed by atoms with E-state index in [1.807, 2.05) is 15.2 Å². The van der Waals surface area contributed by atoms with E-state index in [4.69, 9.17) is 4.74 Å². The van der Waals surface area contributed by atoms with Gasteiger partial charge in [-0.15, -0.1) is 0 Å². The molecule has 1 atom stereocenters. The van der Waals surface area contributed by atoms with Crippen LogP contribution in [0.15, 0.2) is 51.6 Å². The lowest BCUT2D eigenvalue weighted by Crippen LogP contribution is -2.38. The Morgan fingerprint density at radius 2 is 2.03 bits per heavy atom. The van der Waals surface area contributed by atoms with Crippen molar-refractivity contribution in [3.05, 3.63) is 58.0 Å². The molecular weight excluding hydrogens is 417 g/mol. The van der Waals surface area contributed by atoms with Gasteiger partial charge in [0.25, 0.3) is 0 Å². The predicted octanol–water partition coefficient (Wildman–Crippen LogP) is 4.36. The SMILES string of the molecule is CC1=C(C(=O)OC(C)C)C(c2cccc(F)c2)N2C(CC(=O)N3CCCC3)=CSC2=N1. The van der Waals surface area contributed by atoms with Crippen molar-refractivity contribution >= 4 is 28.8 Å². The van der Waals surface area contributed by atoms with E-state index in [0.29, 0.717) is 22.0 Å². The van der Waals surface area contributed by atoms with Gasteiger partial charge in [0, 0.05) is 18.8 Å². The molecule has 0 radical (unpaired) electrons. The number of carbonyl (C=O) groups is 2. The second-order valence-electron chi connectivity index (χ2n) is 8.17. The van der Waals surface area contributed by atoms with Gasteiger partial charge in [-0.2, -0.15) is 0 Å². The van der Waals surface area contributed by atoms with Crippen molar-refractivity contribution in [2.75, 3.05) is 13.1 Å². The maximum absolute atomic E-state index is 14.2. The van der Waals surface area contributed by atoms with Crippen LogP contribution in [0.2, 0.25) is 0 Å². The first kappa shape index (κ1) is 21.6. The number of likely N-dealkylation sites (tertiary alicyclic amines) is 1. The largest absolute Gasteiger partial charge is 0.459 e. The average molecular weight is 444 g/mol. The minimum absolute atomic E-state index is 0.0566. The molecule has 3 aliphatic heterocycles. The smallest absolute Gasteiger partial charge is 0.338 e. The highest BCUT2D eigenvalue weighted by Gasteiger charge is 2.41. The third-order valence-electron chi connectivity index (χ3n) is 5.52. The van der Waals surface area contributed by atoms with E-state index in [2.05, 4.69) is 4.99 Å². The van der Waals surface area contributed by atoms with Gasteiger partial charge in [-0.1, -0.05) is 23.9 Å². The number of amides is 1. The van der Waals surface area contributed by atoms with Crippen LogP contribution in [0.25, 0.3) is 0 Å². The summed E-state index contributed by atoms with van der Waals surface area (Å²) in [5.74, 6) is -0.811. The van der Waals surface area contributed by atoms with E-state index >= 15 is 0 Å². The van der Waals surface area contributed by atoms with Crippen LogP contribution in [0.5, 0.6) is 0 Å². The number of nitrogens with zero attached hydrogens (tertiary/aromatic N) is 3. The van der Waals surface area contributed by atoms with Gasteiger partial charge in [0.05, 0.1) is 29.8 Å². The molecule has 1 aromatic rings. The Bertz CT molecular complexity index is 996. The summed E-state index contributed by atoms with van der Waals surface area (Å²) in [6.45, 7) is 6.89. The van der Waals surface area contributed by atoms with Crippen LogP contribution in [0, 0.1) is 5.82 Å². The molecule has 0 aromatic heterocycles. The minimum atomic E-state index is -0.609. The summed E-state index contributed by atoms with van der Waals surface area (Å²) in [5, 5.41) is 2.58. The lowest BCUT2D eigenvalue weighted by Gasteiger charge is -2.36. The molecule has 1 saturated heterocycles. The third-order valence-corrected chi connectivity index (χ3v) is 6.41. The Morgan fingerprint density at radius 3 is 2.71 bits per heavy atom. The normalized spacial score (nSPS) is 20.7. The number of halogens is 1. The van der Waals surface area contributed by atoms with Crippen LogP contribution < -0.4 is 0 Å². The number of rotatable bonds is 5. The lowest BCUT2D eigenvalue weighted by atomic mass is 9.93. The molecule has 6 nitrogen and oxygen atoms in total. The summed E-state index contributed by atoms with van der Waals surface area (Å²) < 4.78 is 19.7. The topological polar surface area (TPSA) is 62.2 Å². The molecule has 164 valence electrons. The van der Waals surface area contributed by atoms with Crippen LogP contribution in [0.4, 0.5) is 4.39 Å². The molecule has 1 unspecified atom stereocenters. The van der Waals surface area contributed by atoms with Gasteiger partial charge in [-0.05, 0) is 56.7 Å². The van der Waals surface area contributed by atoms with Crippen LogP contribution in [-0.2, 0) is 14.3 Å². The number of carbonyl (C=O) groups excluding carboxylic acids is 2. The standard InChI is InChI=1S/C23H26FN3O3S/c1-14(2)30-22(29)20-15(3)25-23-27(21(20)16-7-6-8-17(24)11-16)18(13-31-23)12-19(28)26-9-4-5-10-26/h6-8,11,13-14,21H,4-5,9-10,12H2,1-3H3. The van der Waals surface area contributed by atoms with E-state index in [1.165, 1.54) is 23.9 Å². The van der Waals surface area contributed by atoms with Crippen LogP contribution in [0.1, 0.15) is 51.6 Å². The van der Waals surface area contributed by atoms with Gasteiger partial charge in [-0.3, -0.25) is 4.79 Å². The van der Waals surface area contributed by atoms with Gasteiger partial charge in [0.1, 0.15) is 5.82 Å². The maximum Gasteiger partial charge on any atom is 0.338 e. The Morgan fingerprint density at radius 1 is 1.29 bits per heavy atom. The van der Waals surface area contributed by atoms with Crippen molar-refractivity contribution in [2.45, 2.75) is 52.2 Å². The summed E-state index contributed by atoms with van der Waals surface area (Å²) >= 11 is 1.42. The number of ether oxygens (including phenoxy) is 1. The van der Waals surface area contributed by atoms with Crippen LogP contribution in [-0.4, -0.2) is 46.0 Å². The van der Waals surface area contributed by atoms with E-state index in [0.717, 1.165) is 31.6 Å². The second-order valence-corrected chi connectivity index (χ2v) is 9.00. The average Bonchev–Trinajstić information content (AvgIpc) is 3.37. The predicted molar refractivity (Wildman–Crippen MR) is 118 cm³/mol. The number of esters is 1. The number of fused-ring (bicyclic) bond motifs is 1. The Balaban J connectivity index is 1.72. The quantitative estimate of drug-likeness (QED) is 0.633. The highest BCUT2D eigenvalue weighted by Crippen LogP contribution is 2.45. The fourth-order valence-corrected chi connectivity index (χ4v) is 5.10. The Hall–Kier alpha value is -2.61. The number of hydrogen-bond acceptors (Lipinski definition) is 6. The maximum atomic E-state index is 14.2. The van der Waals surface area contributed by atoms with Crippen molar-refractivity contribution in [1.82, 2.24) is 9.80 Å². The summed E-state index contributed by atoms with van der Waals surface area (Å²) in [6, 6.07) is 5.60. The van der Waals surface area contributed by atoms with Crippen LogP contribution in [0.3, 0.4) is 0 Å². The number of amidine groups is 1. The molecule has 4 rings (SSSR count). The number of aliphatic imine (C=N–C) groups is 1. The second kappa shape index (κ2) is 8.86. The molecule has 8 heteroatoms. The van der Waals surface area contributed by atoms with Crippen molar-refractivity contribution in [3.63, 3.8) is 0 Å². The molecule has 0 bridgehead atoms. The van der Waals surface area contributed by atoms with E-state index in [1.54, 1.807) is 32.9 Å². The number of allylic oxidation sites excluding steroid dienone is 1. The molecule has 0 spiro atoms. The van der Waals surface area contributed by atoms with E-state index < -0.39 is 12.0 Å². The number of thioether (sulfide) groups is 1. The lowest BCUT2D eigenvalue weighted by molar-refractivity contribution is -0.143. The summed E-state index contributed by atoms with van der Waals surface area (Å²) in [5.41, 5.74) is 2.28. The molecule has 31 heavy (non-hydrogen) atoms. The highest BCUT2D eigenvalue weighted by atomic mass is 32.2. The number of benzene rings is 1. The Labute approximate surface area is 185 Å². The van der Waals surface area contributed by atoms with Crippen molar-refractivity contribution < 1.29 is 18.7 Å². The van der Waals surface area contributed by atoms with Gasteiger partial charge >= 0.3 is 5.97 Å². The van der Waals surface area contributed by atoms with Gasteiger partial charge in [-0.25, -0.2) is 14.2 Å². The zero-order chi connectivity index (χ0) is 22.1. The monoisotopic (exact) mass is 443 g/mol.